The molecule has 1 aromatic rings. The van der Waals surface area contributed by atoms with Gasteiger partial charge in [0.25, 0.3) is 12.3 Å². The molecule has 1 aliphatic carbocycles. The van der Waals surface area contributed by atoms with Crippen LogP contribution in [0.3, 0.4) is 0 Å². The Morgan fingerprint density at radius 3 is 2.89 bits per heavy atom. The van der Waals surface area contributed by atoms with E-state index in [0.717, 1.165) is 13.0 Å². The van der Waals surface area contributed by atoms with Crippen LogP contribution in [0.15, 0.2) is 18.3 Å². The third-order valence-corrected chi connectivity index (χ3v) is 3.05. The fourth-order valence-corrected chi connectivity index (χ4v) is 1.90. The highest BCUT2D eigenvalue weighted by atomic mass is 19.3. The summed E-state index contributed by atoms with van der Waals surface area (Å²) in [6.45, 7) is 0.987. The highest BCUT2D eigenvalue weighted by Gasteiger charge is 2.19. The van der Waals surface area contributed by atoms with Gasteiger partial charge in [-0.15, -0.1) is 0 Å². The number of hydrogen-bond acceptors (Lipinski definition) is 2. The molecule has 0 radical (unpaired) electrons. The fourth-order valence-electron chi connectivity index (χ4n) is 1.90. The molecule has 0 saturated heterocycles. The zero-order chi connectivity index (χ0) is 13.7. The second-order valence-corrected chi connectivity index (χ2v) is 4.77. The quantitative estimate of drug-likeness (QED) is 0.706. The number of rotatable bonds is 8. The first kappa shape index (κ1) is 14.0. The molecule has 1 amide bonds. The summed E-state index contributed by atoms with van der Waals surface area (Å²) in [5.74, 6) is -0.294. The number of alkyl halides is 2. The molecule has 0 spiro atoms. The van der Waals surface area contributed by atoms with E-state index in [-0.39, 0.29) is 11.6 Å². The van der Waals surface area contributed by atoms with Crippen molar-refractivity contribution < 1.29 is 13.6 Å². The Hall–Kier alpha value is -1.43. The third kappa shape index (κ3) is 4.63. The van der Waals surface area contributed by atoms with E-state index in [9.17, 15) is 13.6 Å². The molecule has 0 aliphatic heterocycles. The van der Waals surface area contributed by atoms with Crippen LogP contribution in [0.25, 0.3) is 0 Å². The van der Waals surface area contributed by atoms with Crippen molar-refractivity contribution in [2.75, 3.05) is 13.1 Å². The largest absolute Gasteiger partial charge is 0.351 e. The molecule has 0 aromatic carbocycles. The van der Waals surface area contributed by atoms with Crippen molar-refractivity contribution in [3.63, 3.8) is 0 Å². The van der Waals surface area contributed by atoms with Crippen LogP contribution in [0.4, 0.5) is 8.78 Å². The number of carbonyl (C=O) groups excluding carboxylic acids is 1. The van der Waals surface area contributed by atoms with Crippen LogP contribution in [0.1, 0.15) is 29.8 Å². The van der Waals surface area contributed by atoms with Gasteiger partial charge in [-0.05, 0) is 37.9 Å². The van der Waals surface area contributed by atoms with Gasteiger partial charge in [0, 0.05) is 18.8 Å². The van der Waals surface area contributed by atoms with Gasteiger partial charge >= 0.3 is 0 Å². The highest BCUT2D eigenvalue weighted by molar-refractivity contribution is 5.92. The Morgan fingerprint density at radius 1 is 1.42 bits per heavy atom. The van der Waals surface area contributed by atoms with Gasteiger partial charge in [-0.2, -0.15) is 0 Å². The van der Waals surface area contributed by atoms with Gasteiger partial charge in [0.05, 0.1) is 6.54 Å². The Balaban J connectivity index is 1.70. The second-order valence-electron chi connectivity index (χ2n) is 4.77. The lowest BCUT2D eigenvalue weighted by molar-refractivity contribution is 0.0930. The monoisotopic (exact) mass is 271 g/mol. The topological polar surface area (TPSA) is 46.1 Å². The fraction of sp³-hybridized carbons (Fsp3) is 0.615. The summed E-state index contributed by atoms with van der Waals surface area (Å²) >= 11 is 0. The van der Waals surface area contributed by atoms with E-state index in [4.69, 9.17) is 0 Å². The van der Waals surface area contributed by atoms with Crippen molar-refractivity contribution >= 4 is 5.91 Å². The number of nitrogens with zero attached hydrogens (tertiary/aromatic N) is 1. The number of amides is 1. The van der Waals surface area contributed by atoms with Gasteiger partial charge in [-0.25, -0.2) is 8.78 Å². The van der Waals surface area contributed by atoms with Crippen LogP contribution >= 0.6 is 0 Å². The predicted molar refractivity (Wildman–Crippen MR) is 68.4 cm³/mol. The van der Waals surface area contributed by atoms with E-state index in [0.29, 0.717) is 12.6 Å². The lowest BCUT2D eigenvalue weighted by atomic mass is 10.3. The van der Waals surface area contributed by atoms with Gasteiger partial charge in [-0.3, -0.25) is 4.79 Å². The maximum Gasteiger partial charge on any atom is 0.267 e. The van der Waals surface area contributed by atoms with E-state index in [1.807, 2.05) is 0 Å². The molecule has 19 heavy (non-hydrogen) atoms. The molecule has 1 fully saturated rings. The molecule has 0 bridgehead atoms. The number of aromatic nitrogens is 1. The predicted octanol–water partition coefficient (Wildman–Crippen LogP) is 1.63. The minimum Gasteiger partial charge on any atom is -0.351 e. The summed E-state index contributed by atoms with van der Waals surface area (Å²) in [5.41, 5.74) is 0.287. The van der Waals surface area contributed by atoms with Crippen LogP contribution in [0.2, 0.25) is 0 Å². The molecule has 1 heterocycles. The summed E-state index contributed by atoms with van der Waals surface area (Å²) < 4.78 is 25.9. The summed E-state index contributed by atoms with van der Waals surface area (Å²) in [6, 6.07) is 3.82. The van der Waals surface area contributed by atoms with Gasteiger partial charge in [-0.1, -0.05) is 0 Å². The van der Waals surface area contributed by atoms with Crippen molar-refractivity contribution in [1.29, 1.82) is 0 Å². The summed E-state index contributed by atoms with van der Waals surface area (Å²) in [7, 11) is 0. The van der Waals surface area contributed by atoms with Crippen molar-refractivity contribution in [3.05, 3.63) is 24.0 Å². The van der Waals surface area contributed by atoms with Gasteiger partial charge < -0.3 is 15.2 Å². The molecule has 0 atom stereocenters. The van der Waals surface area contributed by atoms with Crippen LogP contribution < -0.4 is 10.6 Å². The van der Waals surface area contributed by atoms with E-state index in [1.54, 1.807) is 12.1 Å². The third-order valence-electron chi connectivity index (χ3n) is 3.05. The van der Waals surface area contributed by atoms with E-state index < -0.39 is 13.0 Å². The first-order valence-electron chi connectivity index (χ1n) is 6.61. The minimum atomic E-state index is -2.46. The van der Waals surface area contributed by atoms with Gasteiger partial charge in [0.2, 0.25) is 0 Å². The number of hydrogen-bond donors (Lipinski definition) is 2. The molecule has 2 rings (SSSR count). The Bertz CT molecular complexity index is 416. The van der Waals surface area contributed by atoms with E-state index in [1.165, 1.54) is 23.6 Å². The molecular weight excluding hydrogens is 252 g/mol. The Kier molecular flexibility index (Phi) is 4.90. The Labute approximate surface area is 111 Å². The molecular formula is C13H19F2N3O. The lowest BCUT2D eigenvalue weighted by Gasteiger charge is -2.09. The van der Waals surface area contributed by atoms with E-state index >= 15 is 0 Å². The van der Waals surface area contributed by atoms with Gasteiger partial charge in [0.15, 0.2) is 0 Å². The zero-order valence-electron chi connectivity index (χ0n) is 10.7. The molecule has 1 aromatic heterocycles. The van der Waals surface area contributed by atoms with Crippen LogP contribution in [-0.2, 0) is 6.54 Å². The van der Waals surface area contributed by atoms with Crippen LogP contribution in [0.5, 0.6) is 0 Å². The maximum absolute atomic E-state index is 12.3. The number of halogens is 2. The zero-order valence-corrected chi connectivity index (χ0v) is 10.7. The molecule has 4 nitrogen and oxygen atoms in total. The van der Waals surface area contributed by atoms with Crippen molar-refractivity contribution in [3.8, 4) is 0 Å². The van der Waals surface area contributed by atoms with Crippen LogP contribution in [-0.4, -0.2) is 36.0 Å². The summed E-state index contributed by atoms with van der Waals surface area (Å²) in [5, 5.41) is 6.10. The van der Waals surface area contributed by atoms with E-state index in [2.05, 4.69) is 10.6 Å². The number of nitrogens with one attached hydrogen (secondary N) is 2. The molecule has 6 heteroatoms. The average molecular weight is 271 g/mol. The lowest BCUT2D eigenvalue weighted by Crippen LogP contribution is -2.29. The van der Waals surface area contributed by atoms with Crippen molar-refractivity contribution in [2.24, 2.45) is 0 Å². The first-order chi connectivity index (χ1) is 9.16. The maximum atomic E-state index is 12.3. The summed E-state index contributed by atoms with van der Waals surface area (Å²) in [4.78, 5) is 11.8. The molecule has 1 saturated carbocycles. The van der Waals surface area contributed by atoms with Crippen molar-refractivity contribution in [1.82, 2.24) is 15.2 Å². The number of carbonyl (C=O) groups is 1. The summed E-state index contributed by atoms with van der Waals surface area (Å²) in [6.07, 6.45) is 2.37. The standard InChI is InChI=1S/C13H19F2N3O/c14-12(15)9-18-8-1-3-11(18)13(19)17-7-2-6-16-10-4-5-10/h1,3,8,10,12,16H,2,4-7,9H2,(H,17,19). The van der Waals surface area contributed by atoms with Gasteiger partial charge in [0.1, 0.15) is 5.69 Å². The average Bonchev–Trinajstić information content (AvgIpc) is 3.07. The molecule has 2 N–H and O–H groups in total. The smallest absolute Gasteiger partial charge is 0.267 e. The SMILES string of the molecule is O=C(NCCCNC1CC1)c1cccn1CC(F)F. The Morgan fingerprint density at radius 2 is 2.21 bits per heavy atom. The first-order valence-corrected chi connectivity index (χ1v) is 6.61. The van der Waals surface area contributed by atoms with Crippen molar-refractivity contribution in [2.45, 2.75) is 38.3 Å². The molecule has 0 unspecified atom stereocenters. The second kappa shape index (κ2) is 6.65. The minimum absolute atomic E-state index is 0.287. The molecule has 106 valence electrons. The highest BCUT2D eigenvalue weighted by Crippen LogP contribution is 2.18. The normalized spacial score (nSPS) is 14.9. The molecule has 1 aliphatic rings. The van der Waals surface area contributed by atoms with Crippen LogP contribution in [0, 0.1) is 0 Å².